The van der Waals surface area contributed by atoms with Crippen molar-refractivity contribution in [1.82, 2.24) is 9.97 Å². The molecule has 0 aliphatic heterocycles. The number of hydrogen-bond acceptors (Lipinski definition) is 2. The molecule has 0 spiro atoms. The van der Waals surface area contributed by atoms with Crippen LogP contribution in [0.4, 0.5) is 0 Å². The smallest absolute Gasteiger partial charge is 0.0708 e. The summed E-state index contributed by atoms with van der Waals surface area (Å²) in [6, 6.07) is 68.1. The van der Waals surface area contributed by atoms with Crippen LogP contribution in [0, 0.1) is 0 Å². The van der Waals surface area contributed by atoms with Gasteiger partial charge >= 0.3 is 0 Å². The molecule has 0 radical (unpaired) electrons. The van der Waals surface area contributed by atoms with Crippen molar-refractivity contribution in [3.63, 3.8) is 0 Å². The lowest BCUT2D eigenvalue weighted by atomic mass is 9.94. The highest BCUT2D eigenvalue weighted by Gasteiger charge is 2.10. The quantitative estimate of drug-likeness (QED) is 0.103. The molecule has 274 valence electrons. The molecule has 0 saturated carbocycles. The average molecular weight is 741 g/mol. The van der Waals surface area contributed by atoms with Gasteiger partial charge in [-0.3, -0.25) is 9.97 Å². The lowest BCUT2D eigenvalue weighted by Gasteiger charge is -2.11. The van der Waals surface area contributed by atoms with Gasteiger partial charge in [-0.05, 0) is 127 Å². The molecule has 58 heavy (non-hydrogen) atoms. The second-order valence-corrected chi connectivity index (χ2v) is 14.2. The van der Waals surface area contributed by atoms with Gasteiger partial charge < -0.3 is 0 Å². The molecule has 0 bridgehead atoms. The van der Waals surface area contributed by atoms with Crippen molar-refractivity contribution in [1.29, 1.82) is 0 Å². The fourth-order valence-corrected chi connectivity index (χ4v) is 7.46. The van der Waals surface area contributed by atoms with Crippen LogP contribution in [0.25, 0.3) is 69.1 Å². The normalized spacial score (nSPS) is 12.2. The molecule has 9 rings (SSSR count). The maximum Gasteiger partial charge on any atom is 0.0708 e. The molecule has 0 aliphatic rings. The predicted octanol–water partition coefficient (Wildman–Crippen LogP) is 14.3. The van der Waals surface area contributed by atoms with Crippen molar-refractivity contribution in [3.05, 3.63) is 262 Å². The number of hydrogen-bond donors (Lipinski definition) is 0. The zero-order valence-electron chi connectivity index (χ0n) is 32.0. The summed E-state index contributed by atoms with van der Waals surface area (Å²) < 4.78 is 0. The first-order valence-corrected chi connectivity index (χ1v) is 19.6. The fraction of sp³-hybridized carbons (Fsp3) is 0. The van der Waals surface area contributed by atoms with Gasteiger partial charge in [0.15, 0.2) is 0 Å². The summed E-state index contributed by atoms with van der Waals surface area (Å²) in [5.74, 6) is 0. The predicted molar refractivity (Wildman–Crippen MR) is 247 cm³/mol. The topological polar surface area (TPSA) is 25.8 Å². The zero-order valence-corrected chi connectivity index (χ0v) is 32.0. The van der Waals surface area contributed by atoms with Crippen LogP contribution < -0.4 is 0 Å². The summed E-state index contributed by atoms with van der Waals surface area (Å²) in [5, 5.41) is 4.87. The van der Waals surface area contributed by atoms with E-state index in [0.29, 0.717) is 0 Å². The third-order valence-corrected chi connectivity index (χ3v) is 10.4. The summed E-state index contributed by atoms with van der Waals surface area (Å²) >= 11 is 0. The van der Waals surface area contributed by atoms with Crippen molar-refractivity contribution >= 4 is 69.1 Å². The molecule has 2 nitrogen and oxygen atoms in total. The molecule has 0 saturated heterocycles. The van der Waals surface area contributed by atoms with Crippen LogP contribution in [-0.2, 0) is 0 Å². The van der Waals surface area contributed by atoms with Gasteiger partial charge in [0.2, 0.25) is 0 Å². The summed E-state index contributed by atoms with van der Waals surface area (Å²) in [5.41, 5.74) is 13.0. The van der Waals surface area contributed by atoms with Crippen molar-refractivity contribution in [2.75, 3.05) is 0 Å². The molecule has 0 unspecified atom stereocenters. The fourth-order valence-electron chi connectivity index (χ4n) is 7.46. The first kappa shape index (κ1) is 36.0. The van der Waals surface area contributed by atoms with Crippen LogP contribution in [0.3, 0.4) is 0 Å². The lowest BCUT2D eigenvalue weighted by Crippen LogP contribution is -1.92. The van der Waals surface area contributed by atoms with Gasteiger partial charge in [-0.1, -0.05) is 170 Å². The number of benzene rings is 7. The number of nitrogens with zero attached hydrogens (tertiary/aromatic N) is 2. The highest BCUT2D eigenvalue weighted by molar-refractivity contribution is 6.01. The number of pyridine rings is 2. The second kappa shape index (κ2) is 17.0. The van der Waals surface area contributed by atoms with Crippen LogP contribution in [-0.4, -0.2) is 9.97 Å². The van der Waals surface area contributed by atoms with E-state index in [0.717, 1.165) is 67.0 Å². The van der Waals surface area contributed by atoms with Gasteiger partial charge in [0, 0.05) is 23.5 Å². The Morgan fingerprint density at radius 1 is 0.293 bits per heavy atom. The van der Waals surface area contributed by atoms with Crippen molar-refractivity contribution < 1.29 is 0 Å². The van der Waals surface area contributed by atoms with Crippen LogP contribution in [0.15, 0.2) is 207 Å². The minimum Gasteiger partial charge on any atom is -0.256 e. The molecule has 9 aromatic rings. The molecule has 0 atom stereocenters. The van der Waals surface area contributed by atoms with E-state index in [1.807, 2.05) is 48.8 Å². The van der Waals surface area contributed by atoms with Gasteiger partial charge in [-0.2, -0.15) is 0 Å². The minimum absolute atomic E-state index is 0.938. The van der Waals surface area contributed by atoms with Gasteiger partial charge in [0.1, 0.15) is 0 Å². The zero-order chi connectivity index (χ0) is 38.9. The van der Waals surface area contributed by atoms with Gasteiger partial charge in [-0.15, -0.1) is 0 Å². The van der Waals surface area contributed by atoms with E-state index in [4.69, 9.17) is 9.97 Å². The van der Waals surface area contributed by atoms with E-state index in [-0.39, 0.29) is 0 Å². The van der Waals surface area contributed by atoms with E-state index in [1.54, 1.807) is 0 Å². The molecular weight excluding hydrogens is 701 g/mol. The highest BCUT2D eigenvalue weighted by atomic mass is 14.7. The first-order valence-electron chi connectivity index (χ1n) is 19.6. The van der Waals surface area contributed by atoms with Crippen molar-refractivity contribution in [3.8, 4) is 0 Å². The van der Waals surface area contributed by atoms with Gasteiger partial charge in [0.25, 0.3) is 0 Å². The molecule has 2 heterocycles. The highest BCUT2D eigenvalue weighted by Crippen LogP contribution is 2.31. The average Bonchev–Trinajstić information content (AvgIpc) is 3.29. The van der Waals surface area contributed by atoms with E-state index >= 15 is 0 Å². The molecular formula is C56H40N2. The molecule has 0 N–H and O–H groups in total. The molecule has 0 aliphatic carbocycles. The van der Waals surface area contributed by atoms with Crippen LogP contribution in [0.1, 0.15) is 55.9 Å². The summed E-state index contributed by atoms with van der Waals surface area (Å²) in [6.07, 6.45) is 17.2. The SMILES string of the molecule is C(=Cc1ccccc1/C=C(\c1ccccc1)c1ccccn1)c1cc2cc3ccccc3cc2cc1/C=C\c1ccccc1/C=C(\c1ccccc1)c1ccccn1. The maximum absolute atomic E-state index is 4.73. The first-order chi connectivity index (χ1) is 28.7. The number of rotatable bonds is 10. The Labute approximate surface area is 340 Å². The van der Waals surface area contributed by atoms with Crippen molar-refractivity contribution in [2.45, 2.75) is 0 Å². The number of aromatic nitrogens is 2. The second-order valence-electron chi connectivity index (χ2n) is 14.2. The molecule has 2 aromatic heterocycles. The third-order valence-electron chi connectivity index (χ3n) is 10.4. The Kier molecular flexibility index (Phi) is 10.5. The Balaban J connectivity index is 1.15. The summed E-state index contributed by atoms with van der Waals surface area (Å²) in [7, 11) is 0. The van der Waals surface area contributed by atoms with Crippen LogP contribution >= 0.6 is 0 Å². The molecule has 0 amide bonds. The Hall–Kier alpha value is -7.68. The Morgan fingerprint density at radius 2 is 0.655 bits per heavy atom. The molecule has 0 fully saturated rings. The van der Waals surface area contributed by atoms with Crippen LogP contribution in [0.2, 0.25) is 0 Å². The minimum atomic E-state index is 0.938. The monoisotopic (exact) mass is 740 g/mol. The maximum atomic E-state index is 4.73. The van der Waals surface area contributed by atoms with E-state index < -0.39 is 0 Å². The Morgan fingerprint density at radius 3 is 1.07 bits per heavy atom. The lowest BCUT2D eigenvalue weighted by molar-refractivity contribution is 1.27. The largest absolute Gasteiger partial charge is 0.256 e. The number of fused-ring (bicyclic) bond motifs is 2. The van der Waals surface area contributed by atoms with E-state index in [2.05, 4.69) is 194 Å². The van der Waals surface area contributed by atoms with E-state index in [1.165, 1.54) is 21.5 Å². The third kappa shape index (κ3) is 8.14. The summed E-state index contributed by atoms with van der Waals surface area (Å²) in [6.45, 7) is 0. The Bertz CT molecular complexity index is 2670. The van der Waals surface area contributed by atoms with Gasteiger partial charge in [-0.25, -0.2) is 0 Å². The van der Waals surface area contributed by atoms with Gasteiger partial charge in [0.05, 0.1) is 11.4 Å². The van der Waals surface area contributed by atoms with Crippen molar-refractivity contribution in [2.24, 2.45) is 0 Å². The van der Waals surface area contributed by atoms with E-state index in [9.17, 15) is 0 Å². The molecule has 7 aromatic carbocycles. The molecule has 2 heteroatoms. The van der Waals surface area contributed by atoms with Crippen LogP contribution in [0.5, 0.6) is 0 Å². The standard InChI is InChI=1S/C56H40N2/c1-3-19-43(20-4-1)53(55-27-13-15-33-57-55)39-47-25-9-7-17-41(47)29-31-49-37-51-35-45-23-11-12-24-46(45)36-52(51)38-50(49)32-30-42-18-8-10-26-48(42)40-54(44-21-5-2-6-22-44)56-28-14-16-34-58-56/h1-40H/b31-29-,32-30?,53-39+,54-40+. The summed E-state index contributed by atoms with van der Waals surface area (Å²) in [4.78, 5) is 9.47.